The Balaban J connectivity index is 1.53. The molecule has 1 aliphatic rings. The van der Waals surface area contributed by atoms with Crippen LogP contribution < -0.4 is 5.32 Å². The minimum atomic E-state index is -0.510. The maximum atomic E-state index is 12.6. The van der Waals surface area contributed by atoms with E-state index in [0.29, 0.717) is 16.9 Å². The van der Waals surface area contributed by atoms with Gasteiger partial charge in [-0.25, -0.2) is 0 Å². The number of amides is 3. The van der Waals surface area contributed by atoms with Gasteiger partial charge in [-0.2, -0.15) is 0 Å². The molecule has 0 saturated heterocycles. The molecule has 134 valence electrons. The summed E-state index contributed by atoms with van der Waals surface area (Å²) >= 11 is 0. The SMILES string of the molecule is O=C(CN1C(=O)c2ccccc2C1=O)N[C@H](c1ccccc1)c1ccco1. The molecule has 6 heteroatoms. The Hall–Kier alpha value is -3.67. The topological polar surface area (TPSA) is 79.6 Å². The second-order valence-electron chi connectivity index (χ2n) is 6.17. The molecule has 3 aromatic rings. The Kier molecular flexibility index (Phi) is 4.30. The third-order valence-corrected chi connectivity index (χ3v) is 4.45. The number of rotatable bonds is 5. The van der Waals surface area contributed by atoms with E-state index in [0.717, 1.165) is 10.5 Å². The molecule has 3 amide bonds. The zero-order valence-electron chi connectivity index (χ0n) is 14.3. The maximum Gasteiger partial charge on any atom is 0.262 e. The normalized spacial score (nSPS) is 14.1. The lowest BCUT2D eigenvalue weighted by molar-refractivity contribution is -0.122. The van der Waals surface area contributed by atoms with E-state index in [4.69, 9.17) is 4.42 Å². The molecule has 1 N–H and O–H groups in total. The number of fused-ring (bicyclic) bond motifs is 1. The van der Waals surface area contributed by atoms with E-state index < -0.39 is 23.8 Å². The van der Waals surface area contributed by atoms with E-state index in [2.05, 4.69) is 5.32 Å². The van der Waals surface area contributed by atoms with Crippen molar-refractivity contribution in [1.82, 2.24) is 10.2 Å². The number of carbonyl (C=O) groups excluding carboxylic acids is 3. The minimum absolute atomic E-state index is 0.320. The number of hydrogen-bond donors (Lipinski definition) is 1. The van der Waals surface area contributed by atoms with Crippen LogP contribution in [0, 0.1) is 0 Å². The zero-order valence-corrected chi connectivity index (χ0v) is 14.3. The van der Waals surface area contributed by atoms with Crippen molar-refractivity contribution in [3.8, 4) is 0 Å². The molecular formula is C21H16N2O4. The summed E-state index contributed by atoms with van der Waals surface area (Å²) in [6.45, 7) is -0.351. The van der Waals surface area contributed by atoms with E-state index >= 15 is 0 Å². The van der Waals surface area contributed by atoms with Crippen molar-refractivity contribution in [2.45, 2.75) is 6.04 Å². The third-order valence-electron chi connectivity index (χ3n) is 4.45. The summed E-state index contributed by atoms with van der Waals surface area (Å²) in [4.78, 5) is 38.5. The summed E-state index contributed by atoms with van der Waals surface area (Å²) < 4.78 is 5.45. The van der Waals surface area contributed by atoms with Crippen LogP contribution in [0.25, 0.3) is 0 Å². The molecule has 0 unspecified atom stereocenters. The molecule has 0 spiro atoms. The van der Waals surface area contributed by atoms with E-state index in [1.807, 2.05) is 30.3 Å². The standard InChI is InChI=1S/C21H16N2O4/c24-18(13-23-20(25)15-9-4-5-10-16(15)21(23)26)22-19(17-11-6-12-27-17)14-7-2-1-3-8-14/h1-12,19H,13H2,(H,22,24)/t19-/m1/s1. The number of imide groups is 1. The molecule has 0 bridgehead atoms. The predicted molar refractivity (Wildman–Crippen MR) is 96.9 cm³/mol. The third kappa shape index (κ3) is 3.13. The van der Waals surface area contributed by atoms with Gasteiger partial charge in [-0.15, -0.1) is 0 Å². The molecule has 2 heterocycles. The molecule has 0 aliphatic carbocycles. The van der Waals surface area contributed by atoms with Crippen LogP contribution >= 0.6 is 0 Å². The van der Waals surface area contributed by atoms with E-state index in [-0.39, 0.29) is 6.54 Å². The second-order valence-corrected chi connectivity index (χ2v) is 6.17. The van der Waals surface area contributed by atoms with Crippen LogP contribution in [0.2, 0.25) is 0 Å². The molecule has 0 radical (unpaired) electrons. The van der Waals surface area contributed by atoms with Gasteiger partial charge in [-0.1, -0.05) is 42.5 Å². The summed E-state index contributed by atoms with van der Waals surface area (Å²) in [5.74, 6) is -0.799. The molecule has 0 fully saturated rings. The molecule has 1 aromatic heterocycles. The number of nitrogens with one attached hydrogen (secondary N) is 1. The lowest BCUT2D eigenvalue weighted by Crippen LogP contribution is -2.41. The van der Waals surface area contributed by atoms with Gasteiger partial charge < -0.3 is 9.73 Å². The largest absolute Gasteiger partial charge is 0.467 e. The highest BCUT2D eigenvalue weighted by Crippen LogP contribution is 2.24. The number of furan rings is 1. The van der Waals surface area contributed by atoms with Crippen LogP contribution in [0.3, 0.4) is 0 Å². The van der Waals surface area contributed by atoms with Gasteiger partial charge in [0.2, 0.25) is 5.91 Å². The van der Waals surface area contributed by atoms with Crippen molar-refractivity contribution in [2.75, 3.05) is 6.54 Å². The molecule has 6 nitrogen and oxygen atoms in total. The van der Waals surface area contributed by atoms with Crippen LogP contribution in [0.1, 0.15) is 38.1 Å². The number of nitrogens with zero attached hydrogens (tertiary/aromatic N) is 1. The molecule has 1 atom stereocenters. The fraction of sp³-hybridized carbons (Fsp3) is 0.0952. The van der Waals surface area contributed by atoms with Crippen molar-refractivity contribution in [2.24, 2.45) is 0 Å². The first-order valence-electron chi connectivity index (χ1n) is 8.48. The van der Waals surface area contributed by atoms with Gasteiger partial charge in [-0.05, 0) is 29.8 Å². The summed E-state index contributed by atoms with van der Waals surface area (Å²) in [6, 6.07) is 18.9. The van der Waals surface area contributed by atoms with Gasteiger partial charge >= 0.3 is 0 Å². The summed E-state index contributed by atoms with van der Waals surface area (Å²) in [5.41, 5.74) is 1.48. The molecular weight excluding hydrogens is 344 g/mol. The Labute approximate surface area is 155 Å². The highest BCUT2D eigenvalue weighted by atomic mass is 16.3. The quantitative estimate of drug-likeness (QED) is 0.710. The van der Waals surface area contributed by atoms with Crippen LogP contribution in [-0.2, 0) is 4.79 Å². The highest BCUT2D eigenvalue weighted by molar-refractivity contribution is 6.22. The Morgan fingerprint density at radius 3 is 2.11 bits per heavy atom. The van der Waals surface area contributed by atoms with Crippen LogP contribution in [0.15, 0.2) is 77.4 Å². The lowest BCUT2D eigenvalue weighted by atomic mass is 10.0. The molecule has 2 aromatic carbocycles. The van der Waals surface area contributed by atoms with E-state index in [9.17, 15) is 14.4 Å². The van der Waals surface area contributed by atoms with E-state index in [1.54, 1.807) is 36.4 Å². The van der Waals surface area contributed by atoms with Crippen LogP contribution in [-0.4, -0.2) is 29.2 Å². The first-order valence-corrected chi connectivity index (χ1v) is 8.48. The maximum absolute atomic E-state index is 12.6. The molecule has 4 rings (SSSR count). The molecule has 0 saturated carbocycles. The Bertz CT molecular complexity index is 961. The van der Waals surface area contributed by atoms with Gasteiger partial charge in [0.15, 0.2) is 0 Å². The van der Waals surface area contributed by atoms with E-state index in [1.165, 1.54) is 6.26 Å². The average molecular weight is 360 g/mol. The Morgan fingerprint density at radius 1 is 0.889 bits per heavy atom. The smallest absolute Gasteiger partial charge is 0.262 e. The van der Waals surface area contributed by atoms with Gasteiger partial charge in [0, 0.05) is 0 Å². The van der Waals surface area contributed by atoms with Crippen LogP contribution in [0.5, 0.6) is 0 Å². The fourth-order valence-electron chi connectivity index (χ4n) is 3.15. The molecule has 1 aliphatic heterocycles. The monoisotopic (exact) mass is 360 g/mol. The van der Waals surface area contributed by atoms with Crippen LogP contribution in [0.4, 0.5) is 0 Å². The Morgan fingerprint density at radius 2 is 1.52 bits per heavy atom. The number of hydrogen-bond acceptors (Lipinski definition) is 4. The van der Waals surface area contributed by atoms with Crippen molar-refractivity contribution >= 4 is 17.7 Å². The van der Waals surface area contributed by atoms with Crippen molar-refractivity contribution < 1.29 is 18.8 Å². The van der Waals surface area contributed by atoms with Crippen molar-refractivity contribution in [3.63, 3.8) is 0 Å². The minimum Gasteiger partial charge on any atom is -0.467 e. The molecule has 27 heavy (non-hydrogen) atoms. The van der Waals surface area contributed by atoms with Crippen molar-refractivity contribution in [1.29, 1.82) is 0 Å². The summed E-state index contributed by atoms with van der Waals surface area (Å²) in [6.07, 6.45) is 1.53. The van der Waals surface area contributed by atoms with Gasteiger partial charge in [0.25, 0.3) is 11.8 Å². The lowest BCUT2D eigenvalue weighted by Gasteiger charge is -2.19. The fourth-order valence-corrected chi connectivity index (χ4v) is 3.15. The summed E-state index contributed by atoms with van der Waals surface area (Å²) in [7, 11) is 0. The second kappa shape index (κ2) is 6.92. The predicted octanol–water partition coefficient (Wildman–Crippen LogP) is 2.78. The summed E-state index contributed by atoms with van der Waals surface area (Å²) in [5, 5.41) is 2.85. The zero-order chi connectivity index (χ0) is 18.8. The van der Waals surface area contributed by atoms with Gasteiger partial charge in [0.05, 0.1) is 17.4 Å². The highest BCUT2D eigenvalue weighted by Gasteiger charge is 2.36. The van der Waals surface area contributed by atoms with Crippen molar-refractivity contribution in [3.05, 3.63) is 95.4 Å². The first kappa shape index (κ1) is 16.8. The number of benzene rings is 2. The average Bonchev–Trinajstić information content (AvgIpc) is 3.31. The number of carbonyl (C=O) groups is 3. The first-order chi connectivity index (χ1) is 13.1. The van der Waals surface area contributed by atoms with Gasteiger partial charge in [0.1, 0.15) is 18.3 Å². The van der Waals surface area contributed by atoms with Gasteiger partial charge in [-0.3, -0.25) is 19.3 Å².